The quantitative estimate of drug-likeness (QED) is 0.352. The minimum atomic E-state index is -0.374. The number of benzene rings is 1. The standard InChI is InChI=1S/C25H25N5O4S/c1-15(2)17-14-24(32)28-25(26-17)30-22(13-18(29-30)21-6-5-11-35-21)27-23(31)10-8-16-7-9-19(33-3)20(12-16)34-4/h5-15H,1-4H3,(H,27,31)(H,26,28,32)/b10-8-. The molecular weight excluding hydrogens is 466 g/mol. The first-order chi connectivity index (χ1) is 16.9. The summed E-state index contributed by atoms with van der Waals surface area (Å²) in [6, 6.07) is 12.4. The summed E-state index contributed by atoms with van der Waals surface area (Å²) in [7, 11) is 3.12. The predicted octanol–water partition coefficient (Wildman–Crippen LogP) is 4.48. The van der Waals surface area contributed by atoms with E-state index < -0.39 is 0 Å². The number of nitrogens with zero attached hydrogens (tertiary/aromatic N) is 3. The maximum atomic E-state index is 12.8. The molecule has 0 aliphatic heterocycles. The molecule has 9 nitrogen and oxygen atoms in total. The van der Waals surface area contributed by atoms with Gasteiger partial charge in [0.15, 0.2) is 11.5 Å². The van der Waals surface area contributed by atoms with Crippen LogP contribution >= 0.6 is 11.3 Å². The summed E-state index contributed by atoms with van der Waals surface area (Å²) in [6.07, 6.45) is 3.07. The second-order valence-corrected chi connectivity index (χ2v) is 8.84. The fraction of sp³-hybridized carbons (Fsp3) is 0.200. The molecule has 2 N–H and O–H groups in total. The first kappa shape index (κ1) is 24.0. The number of carbonyl (C=O) groups is 1. The molecule has 0 fully saturated rings. The SMILES string of the molecule is COc1ccc(/C=C\C(=O)Nc2cc(-c3cccs3)nn2-c2nc(C(C)C)cc(=O)[nH]2)cc1OC. The Morgan fingerprint density at radius 3 is 2.63 bits per heavy atom. The summed E-state index contributed by atoms with van der Waals surface area (Å²) >= 11 is 1.52. The average molecular weight is 492 g/mol. The van der Waals surface area contributed by atoms with Crippen molar-refractivity contribution in [3.8, 4) is 28.0 Å². The van der Waals surface area contributed by atoms with Crippen LogP contribution in [-0.2, 0) is 4.79 Å². The summed E-state index contributed by atoms with van der Waals surface area (Å²) in [5, 5.41) is 9.39. The number of hydrogen-bond acceptors (Lipinski definition) is 7. The Labute approximate surface area is 206 Å². The molecule has 35 heavy (non-hydrogen) atoms. The van der Waals surface area contributed by atoms with Crippen molar-refractivity contribution in [1.82, 2.24) is 19.7 Å². The molecule has 0 spiro atoms. The molecule has 0 unspecified atom stereocenters. The van der Waals surface area contributed by atoms with Gasteiger partial charge in [-0.1, -0.05) is 26.0 Å². The Bertz CT molecular complexity index is 1420. The number of methoxy groups -OCH3 is 2. The summed E-state index contributed by atoms with van der Waals surface area (Å²) in [5.41, 5.74) is 1.75. The number of aromatic nitrogens is 4. The lowest BCUT2D eigenvalue weighted by Crippen LogP contribution is -2.18. The molecule has 4 rings (SSSR count). The lowest BCUT2D eigenvalue weighted by atomic mass is 10.1. The minimum absolute atomic E-state index is 0.0471. The van der Waals surface area contributed by atoms with Gasteiger partial charge in [0.2, 0.25) is 11.9 Å². The largest absolute Gasteiger partial charge is 0.493 e. The number of aromatic amines is 1. The number of amides is 1. The first-order valence-corrected chi connectivity index (χ1v) is 11.7. The molecule has 1 amide bonds. The van der Waals surface area contributed by atoms with Crippen LogP contribution in [0.2, 0.25) is 0 Å². The molecule has 180 valence electrons. The Morgan fingerprint density at radius 2 is 1.94 bits per heavy atom. The van der Waals surface area contributed by atoms with E-state index in [1.54, 1.807) is 38.5 Å². The normalized spacial score (nSPS) is 11.2. The van der Waals surface area contributed by atoms with Crippen molar-refractivity contribution in [1.29, 1.82) is 0 Å². The van der Waals surface area contributed by atoms with Gasteiger partial charge in [-0.25, -0.2) is 4.98 Å². The molecule has 0 radical (unpaired) electrons. The van der Waals surface area contributed by atoms with Crippen LogP contribution < -0.4 is 20.3 Å². The van der Waals surface area contributed by atoms with Crippen LogP contribution in [0, 0.1) is 0 Å². The number of carbonyl (C=O) groups excluding carboxylic acids is 1. The number of anilines is 1. The maximum absolute atomic E-state index is 12.8. The molecule has 0 bridgehead atoms. The highest BCUT2D eigenvalue weighted by atomic mass is 32.1. The molecule has 0 saturated heterocycles. The lowest BCUT2D eigenvalue weighted by Gasteiger charge is -2.09. The molecule has 3 aromatic heterocycles. The molecule has 0 aliphatic rings. The number of H-pyrrole nitrogens is 1. The van der Waals surface area contributed by atoms with Gasteiger partial charge in [0.25, 0.3) is 5.56 Å². The van der Waals surface area contributed by atoms with Crippen molar-refractivity contribution in [2.24, 2.45) is 0 Å². The molecule has 10 heteroatoms. The lowest BCUT2D eigenvalue weighted by molar-refractivity contribution is -0.111. The summed E-state index contributed by atoms with van der Waals surface area (Å²) in [5.74, 6) is 1.44. The second kappa shape index (κ2) is 10.4. The zero-order valence-corrected chi connectivity index (χ0v) is 20.6. The average Bonchev–Trinajstić information content (AvgIpc) is 3.52. The summed E-state index contributed by atoms with van der Waals surface area (Å²) in [4.78, 5) is 33.2. The van der Waals surface area contributed by atoms with Gasteiger partial charge in [-0.2, -0.15) is 9.78 Å². The Balaban J connectivity index is 1.66. The van der Waals surface area contributed by atoms with Crippen LogP contribution in [0.25, 0.3) is 22.6 Å². The predicted molar refractivity (Wildman–Crippen MR) is 137 cm³/mol. The van der Waals surface area contributed by atoms with Crippen molar-refractivity contribution in [2.75, 3.05) is 19.5 Å². The Kier molecular flexibility index (Phi) is 7.11. The smallest absolute Gasteiger partial charge is 0.252 e. The fourth-order valence-corrected chi connectivity index (χ4v) is 4.01. The number of thiophene rings is 1. The van der Waals surface area contributed by atoms with Crippen molar-refractivity contribution in [3.63, 3.8) is 0 Å². The third-order valence-electron chi connectivity index (χ3n) is 5.11. The zero-order valence-electron chi connectivity index (χ0n) is 19.7. The maximum Gasteiger partial charge on any atom is 0.252 e. The van der Waals surface area contributed by atoms with Crippen molar-refractivity contribution in [3.05, 3.63) is 75.5 Å². The molecular formula is C25H25N5O4S. The van der Waals surface area contributed by atoms with Crippen LogP contribution in [0.5, 0.6) is 11.5 Å². The molecule has 3 heterocycles. The van der Waals surface area contributed by atoms with E-state index in [9.17, 15) is 9.59 Å². The minimum Gasteiger partial charge on any atom is -0.493 e. The van der Waals surface area contributed by atoms with E-state index in [-0.39, 0.29) is 23.3 Å². The monoisotopic (exact) mass is 491 g/mol. The first-order valence-electron chi connectivity index (χ1n) is 10.8. The summed E-state index contributed by atoms with van der Waals surface area (Å²) in [6.45, 7) is 3.90. The molecule has 0 aliphatic carbocycles. The van der Waals surface area contributed by atoms with Gasteiger partial charge >= 0.3 is 0 Å². The molecule has 0 atom stereocenters. The van der Waals surface area contributed by atoms with E-state index in [0.717, 1.165) is 10.4 Å². The third kappa shape index (κ3) is 5.49. The number of nitrogens with one attached hydrogen (secondary N) is 2. The number of hydrogen-bond donors (Lipinski definition) is 2. The van der Waals surface area contributed by atoms with Gasteiger partial charge in [-0.3, -0.25) is 14.6 Å². The van der Waals surface area contributed by atoms with E-state index in [0.29, 0.717) is 28.7 Å². The van der Waals surface area contributed by atoms with Crippen molar-refractivity contribution in [2.45, 2.75) is 19.8 Å². The summed E-state index contributed by atoms with van der Waals surface area (Å²) < 4.78 is 12.0. The molecule has 4 aromatic rings. The zero-order chi connectivity index (χ0) is 24.9. The highest BCUT2D eigenvalue weighted by Crippen LogP contribution is 2.29. The van der Waals surface area contributed by atoms with E-state index in [1.807, 2.05) is 37.4 Å². The fourth-order valence-electron chi connectivity index (χ4n) is 3.33. The number of rotatable bonds is 8. The van der Waals surface area contributed by atoms with Crippen LogP contribution in [0.4, 0.5) is 5.82 Å². The Morgan fingerprint density at radius 1 is 1.14 bits per heavy atom. The van der Waals surface area contributed by atoms with E-state index in [1.165, 1.54) is 28.2 Å². The highest BCUT2D eigenvalue weighted by Gasteiger charge is 2.16. The van der Waals surface area contributed by atoms with Crippen LogP contribution in [0.15, 0.2) is 58.7 Å². The van der Waals surface area contributed by atoms with Gasteiger partial charge in [0.05, 0.1) is 24.8 Å². The van der Waals surface area contributed by atoms with Crippen LogP contribution in [0.3, 0.4) is 0 Å². The number of ether oxygens (including phenoxy) is 2. The van der Waals surface area contributed by atoms with Crippen molar-refractivity contribution >= 4 is 29.1 Å². The van der Waals surface area contributed by atoms with Gasteiger partial charge < -0.3 is 14.8 Å². The van der Waals surface area contributed by atoms with Gasteiger partial charge in [-0.15, -0.1) is 11.3 Å². The van der Waals surface area contributed by atoms with Gasteiger partial charge in [-0.05, 0) is 41.1 Å². The van der Waals surface area contributed by atoms with E-state index in [4.69, 9.17) is 9.47 Å². The highest BCUT2D eigenvalue weighted by molar-refractivity contribution is 7.13. The van der Waals surface area contributed by atoms with Crippen LogP contribution in [-0.4, -0.2) is 39.9 Å². The third-order valence-corrected chi connectivity index (χ3v) is 6.00. The Hall–Kier alpha value is -4.18. The van der Waals surface area contributed by atoms with Gasteiger partial charge in [0.1, 0.15) is 11.5 Å². The molecule has 1 aromatic carbocycles. The molecule has 0 saturated carbocycles. The topological polar surface area (TPSA) is 111 Å². The second-order valence-electron chi connectivity index (χ2n) is 7.89. The van der Waals surface area contributed by atoms with E-state index in [2.05, 4.69) is 20.4 Å². The van der Waals surface area contributed by atoms with Crippen LogP contribution in [0.1, 0.15) is 31.0 Å². The van der Waals surface area contributed by atoms with Gasteiger partial charge in [0, 0.05) is 18.2 Å². The van der Waals surface area contributed by atoms with Crippen molar-refractivity contribution < 1.29 is 14.3 Å². The van der Waals surface area contributed by atoms with E-state index >= 15 is 0 Å².